The number of nitrogens with zero attached hydrogens (tertiary/aromatic N) is 2. The van der Waals surface area contributed by atoms with Crippen LogP contribution in [-0.2, 0) is 0 Å². The van der Waals surface area contributed by atoms with Gasteiger partial charge in [0.05, 0.1) is 10.8 Å². The summed E-state index contributed by atoms with van der Waals surface area (Å²) in [5.41, 5.74) is 0. The van der Waals surface area contributed by atoms with Gasteiger partial charge in [-0.15, -0.1) is 0 Å². The van der Waals surface area contributed by atoms with Crippen molar-refractivity contribution in [1.82, 2.24) is 9.97 Å². The first kappa shape index (κ1) is 8.87. The molecule has 0 saturated heterocycles. The molecule has 0 aliphatic rings. The van der Waals surface area contributed by atoms with Crippen LogP contribution in [0.25, 0.3) is 0 Å². The molecule has 0 bridgehead atoms. The average Bonchev–Trinajstić information content (AvgIpc) is 2.06. The van der Waals surface area contributed by atoms with Gasteiger partial charge < -0.3 is 0 Å². The predicted octanol–water partition coefficient (Wildman–Crippen LogP) is 2.28. The third-order valence-electron chi connectivity index (χ3n) is 1.16. The van der Waals surface area contributed by atoms with Gasteiger partial charge in [0.2, 0.25) is 0 Å². The molecule has 0 N–H and O–H groups in total. The molecule has 1 aromatic rings. The molecule has 0 fully saturated rings. The fraction of sp³-hybridized carbons (Fsp3) is 0.429. The fourth-order valence-electron chi connectivity index (χ4n) is 0.564. The van der Waals surface area contributed by atoms with E-state index >= 15 is 0 Å². The Kier molecular flexibility index (Phi) is 3.72. The highest BCUT2D eigenvalue weighted by molar-refractivity contribution is 8.16. The molecule has 1 heterocycles. The second-order valence-electron chi connectivity index (χ2n) is 1.96. The number of rotatable bonds is 3. The van der Waals surface area contributed by atoms with Gasteiger partial charge in [0.15, 0.2) is 0 Å². The Balaban J connectivity index is 2.51. The van der Waals surface area contributed by atoms with Crippen LogP contribution in [0.4, 0.5) is 0 Å². The Morgan fingerprint density at radius 2 is 2.27 bits per heavy atom. The molecule has 2 nitrogen and oxygen atoms in total. The highest BCUT2D eigenvalue weighted by atomic mass is 32.2. The van der Waals surface area contributed by atoms with Crippen LogP contribution < -0.4 is 0 Å². The van der Waals surface area contributed by atoms with Gasteiger partial charge >= 0.3 is 0 Å². The van der Waals surface area contributed by atoms with Gasteiger partial charge in [-0.05, 0) is 13.2 Å². The van der Waals surface area contributed by atoms with Gasteiger partial charge in [0, 0.05) is 12.4 Å². The van der Waals surface area contributed by atoms with Crippen molar-refractivity contribution < 1.29 is 0 Å². The molecule has 1 atom stereocenters. The van der Waals surface area contributed by atoms with Gasteiger partial charge in [0.1, 0.15) is 5.03 Å². The van der Waals surface area contributed by atoms with Crippen molar-refractivity contribution in [2.45, 2.75) is 16.5 Å². The molecule has 4 heteroatoms. The van der Waals surface area contributed by atoms with Crippen LogP contribution in [0.2, 0.25) is 0 Å². The summed E-state index contributed by atoms with van der Waals surface area (Å²) in [7, 11) is 0. The first-order valence-corrected chi connectivity index (χ1v) is 5.45. The van der Waals surface area contributed by atoms with Gasteiger partial charge in [-0.1, -0.05) is 11.8 Å². The molecule has 0 amide bonds. The van der Waals surface area contributed by atoms with E-state index in [2.05, 4.69) is 23.1 Å². The normalized spacial score (nSPS) is 12.9. The standard InChI is InChI=1S/C7H10N2S2/c1-6(10-2)11-7-5-8-3-4-9-7/h3-6H,1-2H3. The maximum atomic E-state index is 4.15. The lowest BCUT2D eigenvalue weighted by Crippen LogP contribution is -1.88. The number of hydrogen-bond donors (Lipinski definition) is 0. The van der Waals surface area contributed by atoms with E-state index in [9.17, 15) is 0 Å². The van der Waals surface area contributed by atoms with Gasteiger partial charge in [-0.2, -0.15) is 11.8 Å². The smallest absolute Gasteiger partial charge is 0.115 e. The molecule has 60 valence electrons. The van der Waals surface area contributed by atoms with E-state index in [1.165, 1.54) is 0 Å². The molecule has 11 heavy (non-hydrogen) atoms. The van der Waals surface area contributed by atoms with Crippen molar-refractivity contribution in [3.05, 3.63) is 18.6 Å². The molecule has 0 aliphatic carbocycles. The predicted molar refractivity (Wildman–Crippen MR) is 50.9 cm³/mol. The summed E-state index contributed by atoms with van der Waals surface area (Å²) in [5.74, 6) is 0. The lowest BCUT2D eigenvalue weighted by molar-refractivity contribution is 1.05. The quantitative estimate of drug-likeness (QED) is 0.534. The van der Waals surface area contributed by atoms with Crippen molar-refractivity contribution in [3.63, 3.8) is 0 Å². The number of aromatic nitrogens is 2. The molecular weight excluding hydrogens is 176 g/mol. The zero-order valence-electron chi connectivity index (χ0n) is 6.52. The van der Waals surface area contributed by atoms with Crippen LogP contribution in [0, 0.1) is 0 Å². The Morgan fingerprint density at radius 1 is 1.45 bits per heavy atom. The van der Waals surface area contributed by atoms with Crippen LogP contribution in [0.1, 0.15) is 6.92 Å². The number of thioether (sulfide) groups is 2. The first-order chi connectivity index (χ1) is 5.33. The topological polar surface area (TPSA) is 25.8 Å². The number of hydrogen-bond acceptors (Lipinski definition) is 4. The zero-order valence-corrected chi connectivity index (χ0v) is 8.15. The molecule has 0 radical (unpaired) electrons. The van der Waals surface area contributed by atoms with E-state index < -0.39 is 0 Å². The van der Waals surface area contributed by atoms with E-state index in [-0.39, 0.29) is 0 Å². The molecule has 0 saturated carbocycles. The molecule has 0 aromatic carbocycles. The maximum absolute atomic E-state index is 4.15. The van der Waals surface area contributed by atoms with Crippen molar-refractivity contribution in [2.24, 2.45) is 0 Å². The van der Waals surface area contributed by atoms with E-state index in [0.29, 0.717) is 4.58 Å². The minimum atomic E-state index is 0.548. The van der Waals surface area contributed by atoms with Crippen molar-refractivity contribution in [2.75, 3.05) is 6.26 Å². The summed E-state index contributed by atoms with van der Waals surface area (Å²) in [6, 6.07) is 0. The Labute approximate surface area is 75.2 Å². The van der Waals surface area contributed by atoms with Crippen LogP contribution in [-0.4, -0.2) is 20.8 Å². The first-order valence-electron chi connectivity index (χ1n) is 3.28. The average molecular weight is 186 g/mol. The van der Waals surface area contributed by atoms with Crippen LogP contribution in [0.15, 0.2) is 23.6 Å². The minimum Gasteiger partial charge on any atom is -0.260 e. The largest absolute Gasteiger partial charge is 0.260 e. The summed E-state index contributed by atoms with van der Waals surface area (Å²) < 4.78 is 0.548. The SMILES string of the molecule is CSC(C)Sc1cnccn1. The molecule has 0 aliphatic heterocycles. The van der Waals surface area contributed by atoms with E-state index in [1.807, 2.05) is 11.8 Å². The lowest BCUT2D eigenvalue weighted by Gasteiger charge is -2.04. The lowest BCUT2D eigenvalue weighted by atomic mass is 10.8. The van der Waals surface area contributed by atoms with E-state index in [0.717, 1.165) is 5.03 Å². The highest BCUT2D eigenvalue weighted by Crippen LogP contribution is 2.26. The van der Waals surface area contributed by atoms with Gasteiger partial charge in [0.25, 0.3) is 0 Å². The van der Waals surface area contributed by atoms with Crippen LogP contribution >= 0.6 is 23.5 Å². The maximum Gasteiger partial charge on any atom is 0.115 e. The fourth-order valence-corrected chi connectivity index (χ4v) is 1.83. The third kappa shape index (κ3) is 3.12. The van der Waals surface area contributed by atoms with Crippen molar-refractivity contribution >= 4 is 23.5 Å². The summed E-state index contributed by atoms with van der Waals surface area (Å²) >= 11 is 3.55. The minimum absolute atomic E-state index is 0.548. The van der Waals surface area contributed by atoms with Crippen LogP contribution in [0.5, 0.6) is 0 Å². The van der Waals surface area contributed by atoms with Crippen molar-refractivity contribution in [1.29, 1.82) is 0 Å². The summed E-state index contributed by atoms with van der Waals surface area (Å²) in [4.78, 5) is 8.13. The Hall–Kier alpha value is -0.220. The van der Waals surface area contributed by atoms with Crippen molar-refractivity contribution in [3.8, 4) is 0 Å². The Morgan fingerprint density at radius 3 is 2.82 bits per heavy atom. The summed E-state index contributed by atoms with van der Waals surface area (Å²) in [6.07, 6.45) is 7.29. The van der Waals surface area contributed by atoms with Gasteiger partial charge in [-0.25, -0.2) is 4.98 Å². The van der Waals surface area contributed by atoms with E-state index in [1.54, 1.807) is 30.4 Å². The monoisotopic (exact) mass is 186 g/mol. The molecule has 1 aromatic heterocycles. The molecular formula is C7H10N2S2. The zero-order chi connectivity index (χ0) is 8.10. The molecule has 1 unspecified atom stereocenters. The summed E-state index contributed by atoms with van der Waals surface area (Å²) in [6.45, 7) is 2.16. The molecule has 1 rings (SSSR count). The third-order valence-corrected chi connectivity index (χ3v) is 3.47. The second-order valence-corrected chi connectivity index (χ2v) is 4.80. The van der Waals surface area contributed by atoms with Crippen LogP contribution in [0.3, 0.4) is 0 Å². The summed E-state index contributed by atoms with van der Waals surface area (Å²) in [5, 5.41) is 0.995. The Bertz CT molecular complexity index is 203. The molecule has 0 spiro atoms. The second kappa shape index (κ2) is 4.62. The highest BCUT2D eigenvalue weighted by Gasteiger charge is 2.01. The van der Waals surface area contributed by atoms with E-state index in [4.69, 9.17) is 0 Å². The van der Waals surface area contributed by atoms with Gasteiger partial charge in [-0.3, -0.25) is 4.98 Å².